The van der Waals surface area contributed by atoms with E-state index in [0.717, 1.165) is 0 Å². The van der Waals surface area contributed by atoms with Crippen molar-refractivity contribution in [3.05, 3.63) is 48.0 Å². The van der Waals surface area contributed by atoms with E-state index >= 15 is 0 Å². The number of benzene rings is 1. The fraction of sp³-hybridized carbons (Fsp3) is 0.333. The van der Waals surface area contributed by atoms with Crippen molar-refractivity contribution in [3.63, 3.8) is 0 Å². The highest BCUT2D eigenvalue weighted by atomic mass is 16.2. The smallest absolute Gasteiger partial charge is 0.251 e. The van der Waals surface area contributed by atoms with Crippen LogP contribution in [0.4, 0.5) is 0 Å². The normalized spacial score (nSPS) is 20.5. The lowest BCUT2D eigenvalue weighted by atomic mass is 10.1. The molecule has 1 aliphatic heterocycles. The largest absolute Gasteiger partial charge is 0.347 e. The van der Waals surface area contributed by atoms with Gasteiger partial charge in [-0.05, 0) is 18.6 Å². The monoisotopic (exact) mass is 314 g/mol. The Morgan fingerprint density at radius 1 is 1.35 bits per heavy atom. The number of amides is 2. The van der Waals surface area contributed by atoms with Crippen LogP contribution >= 0.6 is 0 Å². The summed E-state index contributed by atoms with van der Waals surface area (Å²) in [4.78, 5) is 30.1. The van der Waals surface area contributed by atoms with Crippen LogP contribution in [0.3, 0.4) is 0 Å². The topological polar surface area (TPSA) is 117 Å². The minimum absolute atomic E-state index is 0.0794. The summed E-state index contributed by atoms with van der Waals surface area (Å²) in [5.74, 6) is 0.264. The first-order chi connectivity index (χ1) is 11.2. The Morgan fingerprint density at radius 2 is 2.13 bits per heavy atom. The maximum Gasteiger partial charge on any atom is 0.251 e. The number of carbonyl (C=O) groups excluding carboxylic acids is 2. The maximum atomic E-state index is 12.3. The van der Waals surface area contributed by atoms with Crippen molar-refractivity contribution >= 4 is 11.8 Å². The van der Waals surface area contributed by atoms with Gasteiger partial charge in [0.2, 0.25) is 5.91 Å². The Morgan fingerprint density at radius 3 is 2.78 bits per heavy atom. The molecular formula is C15H18N6O2. The molecule has 1 aromatic heterocycles. The number of aromatic amines is 1. The number of hydrogen-bond acceptors (Lipinski definition) is 5. The number of hydrogen-bond donors (Lipinski definition) is 3. The third kappa shape index (κ3) is 3.21. The van der Waals surface area contributed by atoms with E-state index in [9.17, 15) is 9.59 Å². The molecule has 2 aromatic rings. The number of nitrogens with two attached hydrogens (primary N) is 1. The molecule has 120 valence electrons. The second-order valence-electron chi connectivity index (χ2n) is 5.41. The quantitative estimate of drug-likeness (QED) is 0.724. The van der Waals surface area contributed by atoms with Crippen LogP contribution in [0, 0.1) is 0 Å². The second kappa shape index (κ2) is 6.57. The van der Waals surface area contributed by atoms with Crippen LogP contribution in [-0.2, 0) is 4.79 Å². The maximum absolute atomic E-state index is 12.3. The highest BCUT2D eigenvalue weighted by molar-refractivity contribution is 5.94. The van der Waals surface area contributed by atoms with E-state index in [1.54, 1.807) is 17.0 Å². The molecule has 3 rings (SSSR count). The summed E-state index contributed by atoms with van der Waals surface area (Å²) in [6.07, 6.45) is 1.97. The fourth-order valence-electron chi connectivity index (χ4n) is 2.83. The summed E-state index contributed by atoms with van der Waals surface area (Å²) in [7, 11) is 0. The molecule has 1 saturated heterocycles. The number of likely N-dealkylation sites (tertiary alicyclic amines) is 1. The van der Waals surface area contributed by atoms with Gasteiger partial charge >= 0.3 is 0 Å². The van der Waals surface area contributed by atoms with Gasteiger partial charge in [0.15, 0.2) is 0 Å². The predicted molar refractivity (Wildman–Crippen MR) is 82.2 cm³/mol. The van der Waals surface area contributed by atoms with Crippen molar-refractivity contribution < 1.29 is 9.59 Å². The first kappa shape index (κ1) is 15.2. The number of H-pyrrole nitrogens is 1. The molecule has 1 aromatic carbocycles. The molecule has 8 nitrogen and oxygen atoms in total. The van der Waals surface area contributed by atoms with Crippen molar-refractivity contribution in [3.8, 4) is 0 Å². The highest BCUT2D eigenvalue weighted by Crippen LogP contribution is 2.29. The van der Waals surface area contributed by atoms with Gasteiger partial charge in [-0.15, -0.1) is 0 Å². The number of aromatic nitrogens is 3. The lowest BCUT2D eigenvalue weighted by Gasteiger charge is -2.21. The SMILES string of the molecule is NCC(=O)N1CC(NC(=O)c2ccccc2)CC1c1ncn[nH]1. The Labute approximate surface area is 133 Å². The molecule has 2 unspecified atom stereocenters. The fourth-order valence-corrected chi connectivity index (χ4v) is 2.83. The zero-order valence-electron chi connectivity index (χ0n) is 12.5. The summed E-state index contributed by atoms with van der Waals surface area (Å²) >= 11 is 0. The van der Waals surface area contributed by atoms with Crippen molar-refractivity contribution in [2.45, 2.75) is 18.5 Å². The third-order valence-corrected chi connectivity index (χ3v) is 3.92. The molecule has 1 fully saturated rings. The number of rotatable bonds is 4. The Hall–Kier alpha value is -2.74. The molecule has 8 heteroatoms. The molecule has 1 aliphatic rings. The molecule has 0 saturated carbocycles. The van der Waals surface area contributed by atoms with Crippen molar-refractivity contribution in [1.82, 2.24) is 25.4 Å². The lowest BCUT2D eigenvalue weighted by Crippen LogP contribution is -2.40. The Balaban J connectivity index is 1.72. The van der Waals surface area contributed by atoms with Gasteiger partial charge in [-0.1, -0.05) is 18.2 Å². The van der Waals surface area contributed by atoms with Crippen molar-refractivity contribution in [2.24, 2.45) is 5.73 Å². The number of carbonyl (C=O) groups is 2. The first-order valence-corrected chi connectivity index (χ1v) is 7.39. The molecular weight excluding hydrogens is 296 g/mol. The molecule has 2 atom stereocenters. The van der Waals surface area contributed by atoms with Crippen LogP contribution in [0.15, 0.2) is 36.7 Å². The molecule has 0 radical (unpaired) electrons. The van der Waals surface area contributed by atoms with Crippen LogP contribution in [0.25, 0.3) is 0 Å². The predicted octanol–water partition coefficient (Wildman–Crippen LogP) is -0.165. The molecule has 4 N–H and O–H groups in total. The summed E-state index contributed by atoms with van der Waals surface area (Å²) in [5.41, 5.74) is 6.07. The van der Waals surface area contributed by atoms with E-state index in [0.29, 0.717) is 24.4 Å². The molecule has 2 amide bonds. The average molecular weight is 314 g/mol. The second-order valence-corrected chi connectivity index (χ2v) is 5.41. The molecule has 0 bridgehead atoms. The first-order valence-electron chi connectivity index (χ1n) is 7.39. The van der Waals surface area contributed by atoms with Gasteiger partial charge in [-0.2, -0.15) is 5.10 Å². The van der Waals surface area contributed by atoms with E-state index in [2.05, 4.69) is 20.5 Å². The summed E-state index contributed by atoms with van der Waals surface area (Å²) in [6.45, 7) is 0.323. The van der Waals surface area contributed by atoms with Gasteiger partial charge < -0.3 is 16.0 Å². The lowest BCUT2D eigenvalue weighted by molar-refractivity contribution is -0.130. The van der Waals surface area contributed by atoms with Crippen LogP contribution in [0.2, 0.25) is 0 Å². The van der Waals surface area contributed by atoms with Crippen LogP contribution in [-0.4, -0.2) is 51.0 Å². The van der Waals surface area contributed by atoms with Crippen LogP contribution in [0.1, 0.15) is 28.6 Å². The van der Waals surface area contributed by atoms with Gasteiger partial charge in [-0.3, -0.25) is 14.7 Å². The third-order valence-electron chi connectivity index (χ3n) is 3.92. The molecule has 2 heterocycles. The molecule has 0 aliphatic carbocycles. The van der Waals surface area contributed by atoms with E-state index in [1.807, 2.05) is 18.2 Å². The van der Waals surface area contributed by atoms with Crippen LogP contribution < -0.4 is 11.1 Å². The van der Waals surface area contributed by atoms with Gasteiger partial charge in [-0.25, -0.2) is 4.98 Å². The van der Waals surface area contributed by atoms with E-state index in [-0.39, 0.29) is 30.4 Å². The standard InChI is InChI=1S/C15H18N6O2/c16-7-13(22)21-8-11(6-12(21)14-17-9-18-20-14)19-15(23)10-4-2-1-3-5-10/h1-5,9,11-12H,6-8,16H2,(H,19,23)(H,17,18,20). The summed E-state index contributed by atoms with van der Waals surface area (Å²) in [5, 5.41) is 9.57. The highest BCUT2D eigenvalue weighted by Gasteiger charge is 2.37. The van der Waals surface area contributed by atoms with Gasteiger partial charge in [0.05, 0.1) is 12.6 Å². The van der Waals surface area contributed by atoms with E-state index < -0.39 is 0 Å². The summed E-state index contributed by atoms with van der Waals surface area (Å²) in [6, 6.07) is 8.56. The minimum atomic E-state index is -0.255. The van der Waals surface area contributed by atoms with Gasteiger partial charge in [0, 0.05) is 18.2 Å². The molecule has 0 spiro atoms. The number of nitrogens with one attached hydrogen (secondary N) is 2. The zero-order valence-corrected chi connectivity index (χ0v) is 12.5. The molecule has 23 heavy (non-hydrogen) atoms. The number of nitrogens with zero attached hydrogens (tertiary/aromatic N) is 3. The Bertz CT molecular complexity index is 673. The van der Waals surface area contributed by atoms with E-state index in [4.69, 9.17) is 5.73 Å². The Kier molecular flexibility index (Phi) is 4.33. The zero-order chi connectivity index (χ0) is 16.2. The summed E-state index contributed by atoms with van der Waals surface area (Å²) < 4.78 is 0. The van der Waals surface area contributed by atoms with E-state index in [1.165, 1.54) is 6.33 Å². The van der Waals surface area contributed by atoms with Crippen LogP contribution in [0.5, 0.6) is 0 Å². The average Bonchev–Trinajstić information content (AvgIpc) is 3.24. The minimum Gasteiger partial charge on any atom is -0.347 e. The van der Waals surface area contributed by atoms with Crippen molar-refractivity contribution in [1.29, 1.82) is 0 Å². The van der Waals surface area contributed by atoms with Gasteiger partial charge in [0.25, 0.3) is 5.91 Å². The van der Waals surface area contributed by atoms with Crippen molar-refractivity contribution in [2.75, 3.05) is 13.1 Å². The van der Waals surface area contributed by atoms with Gasteiger partial charge in [0.1, 0.15) is 12.2 Å².